The molecule has 2 aromatic carbocycles. The van der Waals surface area contributed by atoms with Gasteiger partial charge in [0.15, 0.2) is 0 Å². The van der Waals surface area contributed by atoms with E-state index < -0.39 is 0 Å². The molecule has 7 nitrogen and oxygen atoms in total. The van der Waals surface area contributed by atoms with Crippen molar-refractivity contribution < 1.29 is 9.53 Å². The quantitative estimate of drug-likeness (QED) is 0.648. The average Bonchev–Trinajstić information content (AvgIpc) is 3.03. The van der Waals surface area contributed by atoms with Gasteiger partial charge in [0.25, 0.3) is 0 Å². The summed E-state index contributed by atoms with van der Waals surface area (Å²) in [4.78, 5) is 25.5. The molecule has 0 radical (unpaired) electrons. The molecule has 1 fully saturated rings. The molecular formula is C22H26ClN5O2. The summed E-state index contributed by atoms with van der Waals surface area (Å²) in [6.07, 6.45) is 0.954. The predicted molar refractivity (Wildman–Crippen MR) is 121 cm³/mol. The second-order valence-electron chi connectivity index (χ2n) is 7.46. The predicted octanol–water partition coefficient (Wildman–Crippen LogP) is 3.76. The topological polar surface area (TPSA) is 73.5 Å². The van der Waals surface area contributed by atoms with E-state index in [0.29, 0.717) is 16.5 Å². The Hall–Kier alpha value is -2.77. The van der Waals surface area contributed by atoms with Gasteiger partial charge in [-0.1, -0.05) is 23.7 Å². The standard InChI is InChI=1S/C22H26ClN5O2/c1-15(21(29)24-19-14-16(23)8-9-20(19)30-2)27-10-5-11-28(13-12-27)22-25-17-6-3-4-7-18(17)26-22/h3-4,6-9,14-15H,5,10-13H2,1-2H3,(H,24,29)(H,25,26). The molecule has 1 amide bonds. The Morgan fingerprint density at radius 3 is 2.83 bits per heavy atom. The second-order valence-corrected chi connectivity index (χ2v) is 7.90. The number of hydrogen-bond acceptors (Lipinski definition) is 5. The third-order valence-electron chi connectivity index (χ3n) is 5.55. The van der Waals surface area contributed by atoms with Crippen LogP contribution in [0.2, 0.25) is 5.02 Å². The van der Waals surface area contributed by atoms with E-state index in [9.17, 15) is 4.79 Å². The fourth-order valence-corrected chi connectivity index (χ4v) is 3.98. The zero-order valence-corrected chi connectivity index (χ0v) is 17.9. The van der Waals surface area contributed by atoms with Crippen molar-refractivity contribution in [3.8, 4) is 5.75 Å². The minimum absolute atomic E-state index is 0.0762. The molecule has 1 saturated heterocycles. The zero-order chi connectivity index (χ0) is 21.1. The number of amides is 1. The molecule has 8 heteroatoms. The van der Waals surface area contributed by atoms with Crippen LogP contribution in [0, 0.1) is 0 Å². The Morgan fingerprint density at radius 2 is 2.03 bits per heavy atom. The number of carbonyl (C=O) groups excluding carboxylic acids is 1. The van der Waals surface area contributed by atoms with Gasteiger partial charge in [-0.25, -0.2) is 4.98 Å². The number of aromatic amines is 1. The van der Waals surface area contributed by atoms with Crippen molar-refractivity contribution in [1.82, 2.24) is 14.9 Å². The number of benzene rings is 2. The van der Waals surface area contributed by atoms with Gasteiger partial charge in [0.05, 0.1) is 29.9 Å². The van der Waals surface area contributed by atoms with Crippen LogP contribution < -0.4 is 15.0 Å². The molecular weight excluding hydrogens is 402 g/mol. The van der Waals surface area contributed by atoms with Crippen LogP contribution >= 0.6 is 11.6 Å². The highest BCUT2D eigenvalue weighted by Gasteiger charge is 2.25. The maximum absolute atomic E-state index is 12.9. The van der Waals surface area contributed by atoms with Gasteiger partial charge in [-0.3, -0.25) is 9.69 Å². The monoisotopic (exact) mass is 427 g/mol. The largest absolute Gasteiger partial charge is 0.495 e. The van der Waals surface area contributed by atoms with Gasteiger partial charge < -0.3 is 19.9 Å². The van der Waals surface area contributed by atoms with E-state index in [1.807, 2.05) is 31.2 Å². The minimum Gasteiger partial charge on any atom is -0.495 e. The van der Waals surface area contributed by atoms with E-state index in [4.69, 9.17) is 21.3 Å². The Bertz CT molecular complexity index is 1000. The van der Waals surface area contributed by atoms with Crippen LogP contribution in [0.1, 0.15) is 13.3 Å². The summed E-state index contributed by atoms with van der Waals surface area (Å²) in [5.41, 5.74) is 2.59. The van der Waals surface area contributed by atoms with Gasteiger partial charge in [-0.05, 0) is 43.7 Å². The number of fused-ring (bicyclic) bond motifs is 1. The van der Waals surface area contributed by atoms with Crippen molar-refractivity contribution in [3.63, 3.8) is 0 Å². The Kier molecular flexibility index (Phi) is 6.11. The van der Waals surface area contributed by atoms with Gasteiger partial charge in [-0.15, -0.1) is 0 Å². The molecule has 0 aliphatic carbocycles. The lowest BCUT2D eigenvalue weighted by Crippen LogP contribution is -2.44. The number of nitrogens with one attached hydrogen (secondary N) is 2. The van der Waals surface area contributed by atoms with Crippen LogP contribution in [0.15, 0.2) is 42.5 Å². The molecule has 2 heterocycles. The van der Waals surface area contributed by atoms with Crippen LogP contribution in [0.5, 0.6) is 5.75 Å². The van der Waals surface area contributed by atoms with E-state index in [-0.39, 0.29) is 11.9 Å². The lowest BCUT2D eigenvalue weighted by atomic mass is 10.2. The van der Waals surface area contributed by atoms with Crippen molar-refractivity contribution in [1.29, 1.82) is 0 Å². The van der Waals surface area contributed by atoms with Crippen LogP contribution in [0.25, 0.3) is 11.0 Å². The first-order valence-electron chi connectivity index (χ1n) is 10.1. The number of nitrogens with zero attached hydrogens (tertiary/aromatic N) is 3. The van der Waals surface area contributed by atoms with Crippen molar-refractivity contribution in [2.45, 2.75) is 19.4 Å². The lowest BCUT2D eigenvalue weighted by molar-refractivity contribution is -0.120. The second kappa shape index (κ2) is 8.93. The smallest absolute Gasteiger partial charge is 0.241 e. The maximum Gasteiger partial charge on any atom is 0.241 e. The fraction of sp³-hybridized carbons (Fsp3) is 0.364. The number of para-hydroxylation sites is 2. The van der Waals surface area contributed by atoms with E-state index in [2.05, 4.69) is 20.1 Å². The van der Waals surface area contributed by atoms with Crippen molar-refractivity contribution in [3.05, 3.63) is 47.5 Å². The fourth-order valence-electron chi connectivity index (χ4n) is 3.81. The normalized spacial score (nSPS) is 16.3. The average molecular weight is 428 g/mol. The lowest BCUT2D eigenvalue weighted by Gasteiger charge is -2.27. The highest BCUT2D eigenvalue weighted by Crippen LogP contribution is 2.28. The number of halogens is 1. The van der Waals surface area contributed by atoms with E-state index in [1.165, 1.54) is 0 Å². The maximum atomic E-state index is 12.9. The van der Waals surface area contributed by atoms with Crippen LogP contribution in [0.3, 0.4) is 0 Å². The summed E-state index contributed by atoms with van der Waals surface area (Å²) >= 11 is 6.08. The number of ether oxygens (including phenoxy) is 1. The first-order valence-corrected chi connectivity index (χ1v) is 10.5. The number of hydrogen-bond donors (Lipinski definition) is 2. The molecule has 4 rings (SSSR count). The molecule has 2 N–H and O–H groups in total. The van der Waals surface area contributed by atoms with E-state index in [0.717, 1.165) is 49.6 Å². The summed E-state index contributed by atoms with van der Waals surface area (Å²) in [5, 5.41) is 3.51. The Balaban J connectivity index is 1.41. The molecule has 3 aromatic rings. The first-order chi connectivity index (χ1) is 14.5. The van der Waals surface area contributed by atoms with Gasteiger partial charge in [0, 0.05) is 31.2 Å². The zero-order valence-electron chi connectivity index (χ0n) is 17.2. The summed E-state index contributed by atoms with van der Waals surface area (Å²) in [5.74, 6) is 1.40. The van der Waals surface area contributed by atoms with Crippen LogP contribution in [-0.2, 0) is 4.79 Å². The molecule has 1 aliphatic heterocycles. The molecule has 0 bridgehead atoms. The van der Waals surface area contributed by atoms with Crippen molar-refractivity contribution >= 4 is 40.2 Å². The van der Waals surface area contributed by atoms with Crippen LogP contribution in [-0.4, -0.2) is 60.1 Å². The molecule has 1 unspecified atom stereocenters. The van der Waals surface area contributed by atoms with Gasteiger partial charge in [0.2, 0.25) is 11.9 Å². The van der Waals surface area contributed by atoms with Crippen molar-refractivity contribution in [2.75, 3.05) is 43.5 Å². The number of methoxy groups -OCH3 is 1. The number of rotatable bonds is 5. The number of anilines is 2. The third kappa shape index (κ3) is 4.37. The molecule has 0 saturated carbocycles. The number of aromatic nitrogens is 2. The Labute approximate surface area is 181 Å². The van der Waals surface area contributed by atoms with E-state index >= 15 is 0 Å². The van der Waals surface area contributed by atoms with Gasteiger partial charge in [0.1, 0.15) is 5.75 Å². The number of H-pyrrole nitrogens is 1. The molecule has 1 atom stereocenters. The summed E-state index contributed by atoms with van der Waals surface area (Å²) in [7, 11) is 1.57. The highest BCUT2D eigenvalue weighted by molar-refractivity contribution is 6.31. The molecule has 1 aromatic heterocycles. The third-order valence-corrected chi connectivity index (χ3v) is 5.79. The summed E-state index contributed by atoms with van der Waals surface area (Å²) in [6.45, 7) is 5.25. The Morgan fingerprint density at radius 1 is 1.20 bits per heavy atom. The minimum atomic E-state index is -0.274. The number of imidazole rings is 1. The SMILES string of the molecule is COc1ccc(Cl)cc1NC(=O)C(C)N1CCCN(c2nc3ccccc3[nH]2)CC1. The molecule has 0 spiro atoms. The summed E-state index contributed by atoms with van der Waals surface area (Å²) < 4.78 is 5.33. The molecule has 158 valence electrons. The first kappa shape index (κ1) is 20.5. The van der Waals surface area contributed by atoms with E-state index in [1.54, 1.807) is 25.3 Å². The van der Waals surface area contributed by atoms with Gasteiger partial charge >= 0.3 is 0 Å². The highest BCUT2D eigenvalue weighted by atomic mass is 35.5. The molecule has 30 heavy (non-hydrogen) atoms. The van der Waals surface area contributed by atoms with Crippen molar-refractivity contribution in [2.24, 2.45) is 0 Å². The number of carbonyl (C=O) groups is 1. The summed E-state index contributed by atoms with van der Waals surface area (Å²) in [6, 6.07) is 13.0. The molecule has 1 aliphatic rings. The van der Waals surface area contributed by atoms with Crippen LogP contribution in [0.4, 0.5) is 11.6 Å². The van der Waals surface area contributed by atoms with Gasteiger partial charge in [-0.2, -0.15) is 0 Å².